The molecule has 0 spiro atoms. The number of hydrogen-bond donors (Lipinski definition) is 2. The summed E-state index contributed by atoms with van der Waals surface area (Å²) >= 11 is 0. The maximum Gasteiger partial charge on any atom is 0.161 e. The number of nitrogens with two attached hydrogens (primary N) is 1. The van der Waals surface area contributed by atoms with Crippen molar-refractivity contribution in [2.75, 3.05) is 20.8 Å². The van der Waals surface area contributed by atoms with Gasteiger partial charge in [-0.05, 0) is 37.1 Å². The molecule has 6 nitrogen and oxygen atoms in total. The minimum atomic E-state index is 0.00750. The van der Waals surface area contributed by atoms with Crippen molar-refractivity contribution in [2.24, 2.45) is 10.9 Å². The summed E-state index contributed by atoms with van der Waals surface area (Å²) in [6.45, 7) is 1.68. The Morgan fingerprint density at radius 1 is 1.40 bits per heavy atom. The normalized spacial score (nSPS) is 20.1. The first kappa shape index (κ1) is 14.5. The molecule has 1 saturated heterocycles. The average Bonchev–Trinajstić information content (AvgIpc) is 2.94. The van der Waals surface area contributed by atoms with Crippen molar-refractivity contribution in [1.29, 1.82) is 0 Å². The van der Waals surface area contributed by atoms with Crippen LogP contribution in [-0.4, -0.2) is 42.7 Å². The Morgan fingerprint density at radius 2 is 2.15 bits per heavy atom. The summed E-state index contributed by atoms with van der Waals surface area (Å²) < 4.78 is 10.5. The molecule has 0 aromatic heterocycles. The minimum Gasteiger partial charge on any atom is -0.493 e. The maximum atomic E-state index is 8.83. The van der Waals surface area contributed by atoms with Crippen molar-refractivity contribution in [2.45, 2.75) is 25.4 Å². The Bertz CT molecular complexity index is 491. The van der Waals surface area contributed by atoms with Gasteiger partial charge in [0.15, 0.2) is 17.3 Å². The molecule has 20 heavy (non-hydrogen) atoms. The van der Waals surface area contributed by atoms with E-state index in [0.29, 0.717) is 11.5 Å². The van der Waals surface area contributed by atoms with Gasteiger partial charge in [0, 0.05) is 6.54 Å². The molecule has 6 heteroatoms. The molecule has 0 amide bonds. The van der Waals surface area contributed by atoms with Crippen LogP contribution in [0, 0.1) is 0 Å². The number of benzene rings is 1. The second-order valence-corrected chi connectivity index (χ2v) is 4.84. The van der Waals surface area contributed by atoms with E-state index < -0.39 is 0 Å². The molecule has 2 rings (SSSR count). The van der Waals surface area contributed by atoms with Crippen LogP contribution in [-0.2, 0) is 6.54 Å². The topological polar surface area (TPSA) is 80.3 Å². The standard InChI is InChI=1S/C14H21N3O3/c1-19-12-6-5-10(8-13(12)20-2)9-17-7-3-4-11(17)14(15)16-18/h5-6,8,11,18H,3-4,7,9H2,1-2H3,(H2,15,16). The van der Waals surface area contributed by atoms with Crippen LogP contribution in [0.2, 0.25) is 0 Å². The van der Waals surface area contributed by atoms with E-state index >= 15 is 0 Å². The summed E-state index contributed by atoms with van der Waals surface area (Å²) in [7, 11) is 3.24. The van der Waals surface area contributed by atoms with Crippen molar-refractivity contribution in [3.8, 4) is 11.5 Å². The highest BCUT2D eigenvalue weighted by molar-refractivity contribution is 5.85. The van der Waals surface area contributed by atoms with E-state index in [9.17, 15) is 0 Å². The number of likely N-dealkylation sites (tertiary alicyclic amines) is 1. The van der Waals surface area contributed by atoms with E-state index in [0.717, 1.165) is 31.5 Å². The zero-order valence-electron chi connectivity index (χ0n) is 11.9. The van der Waals surface area contributed by atoms with E-state index in [1.54, 1.807) is 14.2 Å². The van der Waals surface area contributed by atoms with Crippen molar-refractivity contribution in [3.63, 3.8) is 0 Å². The molecule has 1 atom stereocenters. The molecular weight excluding hydrogens is 258 g/mol. The molecular formula is C14H21N3O3. The third-order valence-electron chi connectivity index (χ3n) is 3.65. The van der Waals surface area contributed by atoms with Crippen LogP contribution >= 0.6 is 0 Å². The lowest BCUT2D eigenvalue weighted by molar-refractivity contribution is 0.274. The number of hydrogen-bond acceptors (Lipinski definition) is 5. The number of amidine groups is 1. The molecule has 110 valence electrons. The van der Waals surface area contributed by atoms with Crippen LogP contribution in [0.1, 0.15) is 18.4 Å². The molecule has 1 aromatic rings. The van der Waals surface area contributed by atoms with E-state index in [-0.39, 0.29) is 11.9 Å². The van der Waals surface area contributed by atoms with Gasteiger partial charge in [-0.1, -0.05) is 11.2 Å². The summed E-state index contributed by atoms with van der Waals surface area (Å²) in [6.07, 6.45) is 1.97. The smallest absolute Gasteiger partial charge is 0.161 e. The Kier molecular flexibility index (Phi) is 4.68. The van der Waals surface area contributed by atoms with E-state index in [2.05, 4.69) is 10.1 Å². The zero-order chi connectivity index (χ0) is 14.5. The number of methoxy groups -OCH3 is 2. The van der Waals surface area contributed by atoms with Gasteiger partial charge in [0.25, 0.3) is 0 Å². The average molecular weight is 279 g/mol. The second kappa shape index (κ2) is 6.47. The molecule has 0 bridgehead atoms. The second-order valence-electron chi connectivity index (χ2n) is 4.84. The first-order valence-electron chi connectivity index (χ1n) is 6.62. The zero-order valence-corrected chi connectivity index (χ0v) is 11.9. The molecule has 1 aliphatic heterocycles. The van der Waals surface area contributed by atoms with Crippen LogP contribution in [0.25, 0.3) is 0 Å². The van der Waals surface area contributed by atoms with Gasteiger partial charge in [0.2, 0.25) is 0 Å². The molecule has 1 heterocycles. The van der Waals surface area contributed by atoms with E-state index in [4.69, 9.17) is 20.4 Å². The van der Waals surface area contributed by atoms with Crippen LogP contribution < -0.4 is 15.2 Å². The van der Waals surface area contributed by atoms with Gasteiger partial charge in [0.1, 0.15) is 0 Å². The van der Waals surface area contributed by atoms with Gasteiger partial charge in [-0.3, -0.25) is 4.90 Å². The first-order chi connectivity index (χ1) is 9.69. The molecule has 0 saturated carbocycles. The maximum absolute atomic E-state index is 8.83. The van der Waals surface area contributed by atoms with Crippen LogP contribution in [0.3, 0.4) is 0 Å². The van der Waals surface area contributed by atoms with Gasteiger partial charge >= 0.3 is 0 Å². The van der Waals surface area contributed by atoms with Gasteiger partial charge in [-0.25, -0.2) is 0 Å². The Hall–Kier alpha value is -1.95. The van der Waals surface area contributed by atoms with Crippen LogP contribution in [0.5, 0.6) is 11.5 Å². The number of rotatable bonds is 5. The quantitative estimate of drug-likeness (QED) is 0.369. The lowest BCUT2D eigenvalue weighted by Crippen LogP contribution is -2.40. The molecule has 1 aliphatic rings. The van der Waals surface area contributed by atoms with Crippen molar-refractivity contribution >= 4 is 5.84 Å². The lowest BCUT2D eigenvalue weighted by Gasteiger charge is -2.23. The summed E-state index contributed by atoms with van der Waals surface area (Å²) in [6, 6.07) is 5.86. The highest BCUT2D eigenvalue weighted by atomic mass is 16.5. The summed E-state index contributed by atoms with van der Waals surface area (Å²) in [5, 5.41) is 12.0. The SMILES string of the molecule is COc1ccc(CN2CCCC2C(N)=NO)cc1OC. The van der Waals surface area contributed by atoms with Crippen LogP contribution in [0.4, 0.5) is 0 Å². The molecule has 1 fully saturated rings. The third kappa shape index (κ3) is 2.96. The molecule has 1 aromatic carbocycles. The first-order valence-corrected chi connectivity index (χ1v) is 6.62. The number of ether oxygens (including phenoxy) is 2. The van der Waals surface area contributed by atoms with E-state index in [1.165, 1.54) is 0 Å². The Morgan fingerprint density at radius 3 is 2.80 bits per heavy atom. The van der Waals surface area contributed by atoms with Crippen molar-refractivity contribution in [3.05, 3.63) is 23.8 Å². The Labute approximate surface area is 118 Å². The van der Waals surface area contributed by atoms with Crippen LogP contribution in [0.15, 0.2) is 23.4 Å². The molecule has 1 unspecified atom stereocenters. The highest BCUT2D eigenvalue weighted by Crippen LogP contribution is 2.29. The minimum absolute atomic E-state index is 0.00750. The van der Waals surface area contributed by atoms with Crippen molar-refractivity contribution in [1.82, 2.24) is 4.90 Å². The fraction of sp³-hybridized carbons (Fsp3) is 0.500. The largest absolute Gasteiger partial charge is 0.493 e. The highest BCUT2D eigenvalue weighted by Gasteiger charge is 2.28. The monoisotopic (exact) mass is 279 g/mol. The van der Waals surface area contributed by atoms with Gasteiger partial charge in [-0.2, -0.15) is 0 Å². The fourth-order valence-electron chi connectivity index (χ4n) is 2.63. The number of oxime groups is 1. The van der Waals surface area contributed by atoms with Gasteiger partial charge < -0.3 is 20.4 Å². The fourth-order valence-corrected chi connectivity index (χ4v) is 2.63. The summed E-state index contributed by atoms with van der Waals surface area (Å²) in [4.78, 5) is 2.20. The molecule has 0 radical (unpaired) electrons. The third-order valence-corrected chi connectivity index (χ3v) is 3.65. The summed E-state index contributed by atoms with van der Waals surface area (Å²) in [5.74, 6) is 1.71. The van der Waals surface area contributed by atoms with Crippen molar-refractivity contribution < 1.29 is 14.7 Å². The molecule has 0 aliphatic carbocycles. The summed E-state index contributed by atoms with van der Waals surface area (Å²) in [5.41, 5.74) is 6.85. The van der Waals surface area contributed by atoms with Gasteiger partial charge in [-0.15, -0.1) is 0 Å². The lowest BCUT2D eigenvalue weighted by atomic mass is 10.1. The number of nitrogens with zero attached hydrogens (tertiary/aromatic N) is 2. The molecule has 3 N–H and O–H groups in total. The van der Waals surface area contributed by atoms with Gasteiger partial charge in [0.05, 0.1) is 20.3 Å². The predicted octanol–water partition coefficient (Wildman–Crippen LogP) is 1.41. The van der Waals surface area contributed by atoms with E-state index in [1.807, 2.05) is 18.2 Å². The predicted molar refractivity (Wildman–Crippen MR) is 76.4 cm³/mol. The Balaban J connectivity index is 2.13.